The Bertz CT molecular complexity index is 371. The molecule has 1 aliphatic heterocycles. The summed E-state index contributed by atoms with van der Waals surface area (Å²) < 4.78 is 0. The molecule has 1 aliphatic rings. The molecule has 1 aromatic carbocycles. The van der Waals surface area contributed by atoms with Gasteiger partial charge in [0, 0.05) is 37.4 Å². The van der Waals surface area contributed by atoms with E-state index in [0.717, 1.165) is 31.7 Å². The predicted octanol–water partition coefficient (Wildman–Crippen LogP) is 2.27. The third-order valence-electron chi connectivity index (χ3n) is 3.64. The zero-order chi connectivity index (χ0) is 13.0. The lowest BCUT2D eigenvalue weighted by Gasteiger charge is -2.37. The summed E-state index contributed by atoms with van der Waals surface area (Å²) >= 11 is 0. The first-order valence-electron chi connectivity index (χ1n) is 6.96. The second-order valence-corrected chi connectivity index (χ2v) is 5.06. The molecule has 3 nitrogen and oxygen atoms in total. The van der Waals surface area contributed by atoms with Crippen LogP contribution in [0.3, 0.4) is 0 Å². The summed E-state index contributed by atoms with van der Waals surface area (Å²) in [5.41, 5.74) is 2.24. The molecule has 0 amide bonds. The first-order valence-corrected chi connectivity index (χ1v) is 6.96. The molecule has 0 radical (unpaired) electrons. The van der Waals surface area contributed by atoms with Crippen LogP contribution >= 0.6 is 0 Å². The van der Waals surface area contributed by atoms with Gasteiger partial charge in [0.05, 0.1) is 6.10 Å². The normalized spacial score (nSPS) is 18.9. The Morgan fingerprint density at radius 3 is 2.44 bits per heavy atom. The Hall–Kier alpha value is -1.06. The summed E-state index contributed by atoms with van der Waals surface area (Å²) in [4.78, 5) is 4.91. The van der Waals surface area contributed by atoms with Crippen LogP contribution in [0.4, 0.5) is 5.69 Å². The second-order valence-electron chi connectivity index (χ2n) is 5.06. The highest BCUT2D eigenvalue weighted by Crippen LogP contribution is 2.26. The molecule has 3 heteroatoms. The zero-order valence-electron chi connectivity index (χ0n) is 11.5. The van der Waals surface area contributed by atoms with Crippen LogP contribution in [0, 0.1) is 0 Å². The predicted molar refractivity (Wildman–Crippen MR) is 76.0 cm³/mol. The fourth-order valence-corrected chi connectivity index (χ4v) is 2.66. The van der Waals surface area contributed by atoms with Crippen LogP contribution in [0.25, 0.3) is 0 Å². The monoisotopic (exact) mass is 248 g/mol. The van der Waals surface area contributed by atoms with Crippen LogP contribution < -0.4 is 4.90 Å². The average Bonchev–Trinajstić information content (AvgIpc) is 2.40. The van der Waals surface area contributed by atoms with E-state index in [1.165, 1.54) is 18.7 Å². The van der Waals surface area contributed by atoms with Crippen LogP contribution in [0.1, 0.15) is 31.9 Å². The van der Waals surface area contributed by atoms with Gasteiger partial charge in [0.15, 0.2) is 0 Å². The number of aliphatic hydroxyl groups excluding tert-OH is 1. The van der Waals surface area contributed by atoms with Crippen molar-refractivity contribution >= 4 is 5.69 Å². The number of hydrogen-bond acceptors (Lipinski definition) is 3. The SMILES string of the molecule is CCCN1CCN(c2ccccc2[C@@H](C)O)CC1. The summed E-state index contributed by atoms with van der Waals surface area (Å²) in [5.74, 6) is 0. The maximum atomic E-state index is 9.83. The fraction of sp³-hybridized carbons (Fsp3) is 0.600. The number of aliphatic hydroxyl groups is 1. The van der Waals surface area contributed by atoms with Gasteiger partial charge < -0.3 is 10.0 Å². The van der Waals surface area contributed by atoms with Crippen molar-refractivity contribution in [2.45, 2.75) is 26.4 Å². The van der Waals surface area contributed by atoms with E-state index in [1.54, 1.807) is 0 Å². The summed E-state index contributed by atoms with van der Waals surface area (Å²) in [6.45, 7) is 9.64. The molecular weight excluding hydrogens is 224 g/mol. The fourth-order valence-electron chi connectivity index (χ4n) is 2.66. The van der Waals surface area contributed by atoms with Crippen molar-refractivity contribution in [1.82, 2.24) is 4.90 Å². The standard InChI is InChI=1S/C15H24N2O/c1-3-8-16-9-11-17(12-10-16)15-7-5-4-6-14(15)13(2)18/h4-7,13,18H,3,8-12H2,1-2H3/t13-/m1/s1. The quantitative estimate of drug-likeness (QED) is 0.885. The van der Waals surface area contributed by atoms with Crippen molar-refractivity contribution in [3.05, 3.63) is 29.8 Å². The minimum Gasteiger partial charge on any atom is -0.389 e. The Morgan fingerprint density at radius 2 is 1.83 bits per heavy atom. The highest BCUT2D eigenvalue weighted by Gasteiger charge is 2.19. The van der Waals surface area contributed by atoms with E-state index < -0.39 is 6.10 Å². The number of para-hydroxylation sites is 1. The van der Waals surface area contributed by atoms with Crippen molar-refractivity contribution in [3.63, 3.8) is 0 Å². The lowest BCUT2D eigenvalue weighted by Crippen LogP contribution is -2.46. The molecule has 18 heavy (non-hydrogen) atoms. The molecule has 0 bridgehead atoms. The third kappa shape index (κ3) is 3.03. The first kappa shape index (κ1) is 13.4. The van der Waals surface area contributed by atoms with E-state index in [0.29, 0.717) is 0 Å². The molecule has 1 saturated heterocycles. The molecule has 1 fully saturated rings. The van der Waals surface area contributed by atoms with Crippen LogP contribution in [0.5, 0.6) is 0 Å². The van der Waals surface area contributed by atoms with Gasteiger partial charge >= 0.3 is 0 Å². The number of benzene rings is 1. The third-order valence-corrected chi connectivity index (χ3v) is 3.64. The average molecular weight is 248 g/mol. The van der Waals surface area contributed by atoms with Gasteiger partial charge in [-0.15, -0.1) is 0 Å². The molecule has 1 N–H and O–H groups in total. The van der Waals surface area contributed by atoms with E-state index in [9.17, 15) is 5.11 Å². The van der Waals surface area contributed by atoms with E-state index in [2.05, 4.69) is 28.9 Å². The Balaban J connectivity index is 2.05. The molecule has 0 saturated carbocycles. The van der Waals surface area contributed by atoms with Gasteiger partial charge in [0.1, 0.15) is 0 Å². The van der Waals surface area contributed by atoms with Gasteiger partial charge in [-0.1, -0.05) is 25.1 Å². The lowest BCUT2D eigenvalue weighted by molar-refractivity contribution is 0.199. The van der Waals surface area contributed by atoms with E-state index in [4.69, 9.17) is 0 Å². The minimum atomic E-state index is -0.394. The number of nitrogens with zero attached hydrogens (tertiary/aromatic N) is 2. The molecule has 1 heterocycles. The smallest absolute Gasteiger partial charge is 0.0781 e. The van der Waals surface area contributed by atoms with Crippen LogP contribution in [0.15, 0.2) is 24.3 Å². The summed E-state index contributed by atoms with van der Waals surface area (Å²) in [6, 6.07) is 8.20. The van der Waals surface area contributed by atoms with Gasteiger partial charge in [0.25, 0.3) is 0 Å². The number of hydrogen-bond donors (Lipinski definition) is 1. The molecule has 0 unspecified atom stereocenters. The number of rotatable bonds is 4. The van der Waals surface area contributed by atoms with Gasteiger partial charge in [-0.2, -0.15) is 0 Å². The minimum absolute atomic E-state index is 0.394. The maximum Gasteiger partial charge on any atom is 0.0781 e. The molecule has 1 aromatic rings. The molecule has 0 aromatic heterocycles. The Kier molecular flexibility index (Phi) is 4.61. The lowest BCUT2D eigenvalue weighted by atomic mass is 10.1. The maximum absolute atomic E-state index is 9.83. The molecule has 100 valence electrons. The van der Waals surface area contributed by atoms with Crippen molar-refractivity contribution in [1.29, 1.82) is 0 Å². The van der Waals surface area contributed by atoms with E-state index in [1.807, 2.05) is 19.1 Å². The van der Waals surface area contributed by atoms with Crippen LogP contribution in [-0.2, 0) is 0 Å². The summed E-state index contributed by atoms with van der Waals surface area (Å²) in [5, 5.41) is 9.83. The second kappa shape index (κ2) is 6.21. The highest BCUT2D eigenvalue weighted by molar-refractivity contribution is 5.54. The molecular formula is C15H24N2O. The van der Waals surface area contributed by atoms with Gasteiger partial charge in [0.2, 0.25) is 0 Å². The van der Waals surface area contributed by atoms with E-state index in [-0.39, 0.29) is 0 Å². The van der Waals surface area contributed by atoms with Crippen LogP contribution in [0.2, 0.25) is 0 Å². The van der Waals surface area contributed by atoms with E-state index >= 15 is 0 Å². The summed E-state index contributed by atoms with van der Waals surface area (Å²) in [7, 11) is 0. The zero-order valence-corrected chi connectivity index (χ0v) is 11.5. The largest absolute Gasteiger partial charge is 0.389 e. The number of anilines is 1. The summed E-state index contributed by atoms with van der Waals surface area (Å²) in [6.07, 6.45) is 0.833. The van der Waals surface area contributed by atoms with Gasteiger partial charge in [-0.25, -0.2) is 0 Å². The van der Waals surface area contributed by atoms with Crippen molar-refractivity contribution in [3.8, 4) is 0 Å². The van der Waals surface area contributed by atoms with Gasteiger partial charge in [-0.05, 0) is 26.0 Å². The molecule has 2 rings (SSSR count). The van der Waals surface area contributed by atoms with Gasteiger partial charge in [-0.3, -0.25) is 4.90 Å². The topological polar surface area (TPSA) is 26.7 Å². The van der Waals surface area contributed by atoms with Crippen LogP contribution in [-0.4, -0.2) is 42.7 Å². The van der Waals surface area contributed by atoms with Crippen molar-refractivity contribution < 1.29 is 5.11 Å². The Labute approximate surface area is 110 Å². The first-order chi connectivity index (χ1) is 8.72. The number of piperazine rings is 1. The van der Waals surface area contributed by atoms with Crippen molar-refractivity contribution in [2.75, 3.05) is 37.6 Å². The molecule has 0 spiro atoms. The molecule has 0 aliphatic carbocycles. The Morgan fingerprint density at radius 1 is 1.17 bits per heavy atom. The highest BCUT2D eigenvalue weighted by atomic mass is 16.3. The molecule has 1 atom stereocenters. The van der Waals surface area contributed by atoms with Crippen molar-refractivity contribution in [2.24, 2.45) is 0 Å².